The van der Waals surface area contributed by atoms with Crippen molar-refractivity contribution in [3.63, 3.8) is 0 Å². The van der Waals surface area contributed by atoms with Crippen molar-refractivity contribution in [3.05, 3.63) is 39.9 Å². The molecule has 124 valence electrons. The van der Waals surface area contributed by atoms with E-state index in [0.717, 1.165) is 32.1 Å². The van der Waals surface area contributed by atoms with E-state index in [0.29, 0.717) is 5.56 Å². The summed E-state index contributed by atoms with van der Waals surface area (Å²) in [6, 6.07) is 5.08. The monoisotopic (exact) mass is 319 g/mol. The molecule has 0 aliphatic heterocycles. The zero-order valence-corrected chi connectivity index (χ0v) is 12.9. The van der Waals surface area contributed by atoms with Gasteiger partial charge in [0.25, 0.3) is 5.69 Å². The third-order valence-corrected chi connectivity index (χ3v) is 4.22. The molecule has 1 aliphatic rings. The van der Waals surface area contributed by atoms with Crippen molar-refractivity contribution in [2.75, 3.05) is 0 Å². The number of amides is 2. The summed E-state index contributed by atoms with van der Waals surface area (Å²) in [6.45, 7) is 0. The molecular weight excluding hydrogens is 298 g/mol. The van der Waals surface area contributed by atoms with Crippen LogP contribution in [0.1, 0.15) is 37.7 Å². The smallest absolute Gasteiger partial charge is 0.269 e. The van der Waals surface area contributed by atoms with E-state index in [-0.39, 0.29) is 23.9 Å². The van der Waals surface area contributed by atoms with Gasteiger partial charge in [-0.05, 0) is 18.4 Å². The molecule has 1 fully saturated rings. The normalized spacial score (nSPS) is 16.5. The Hall–Kier alpha value is -2.44. The minimum Gasteiger partial charge on any atom is -0.368 e. The summed E-state index contributed by atoms with van der Waals surface area (Å²) in [5.74, 6) is -0.787. The highest BCUT2D eigenvalue weighted by atomic mass is 16.6. The molecule has 1 aromatic rings. The Labute approximate surface area is 134 Å². The first-order valence-corrected chi connectivity index (χ1v) is 7.80. The Morgan fingerprint density at radius 3 is 2.35 bits per heavy atom. The second-order valence-electron chi connectivity index (χ2n) is 5.93. The van der Waals surface area contributed by atoms with Crippen LogP contribution in [-0.4, -0.2) is 22.8 Å². The van der Waals surface area contributed by atoms with Gasteiger partial charge in [0, 0.05) is 24.5 Å². The van der Waals surface area contributed by atoms with Gasteiger partial charge in [0.05, 0.1) is 4.92 Å². The SMILES string of the molecule is NC(=O)[C@H](Cc1ccc([N+](=O)[O-])cc1)NC(=O)C1CCCCC1. The summed E-state index contributed by atoms with van der Waals surface area (Å²) < 4.78 is 0. The molecule has 1 saturated carbocycles. The van der Waals surface area contributed by atoms with Gasteiger partial charge < -0.3 is 11.1 Å². The van der Waals surface area contributed by atoms with Gasteiger partial charge >= 0.3 is 0 Å². The van der Waals surface area contributed by atoms with Crippen LogP contribution in [0.25, 0.3) is 0 Å². The Bertz CT molecular complexity index is 579. The molecule has 0 heterocycles. The van der Waals surface area contributed by atoms with Crippen molar-refractivity contribution in [1.29, 1.82) is 0 Å². The number of nitrogens with zero attached hydrogens (tertiary/aromatic N) is 1. The molecule has 0 bridgehead atoms. The molecule has 0 spiro atoms. The number of nitro benzene ring substituents is 1. The van der Waals surface area contributed by atoms with E-state index in [4.69, 9.17) is 5.73 Å². The van der Waals surface area contributed by atoms with Gasteiger partial charge in [-0.2, -0.15) is 0 Å². The van der Waals surface area contributed by atoms with Crippen molar-refractivity contribution in [3.8, 4) is 0 Å². The standard InChI is InChI=1S/C16H21N3O4/c17-15(20)14(18-16(21)12-4-2-1-3-5-12)10-11-6-8-13(9-7-11)19(22)23/h6-9,12,14H,1-5,10H2,(H2,17,20)(H,18,21)/t14-/m0/s1. The second kappa shape index (κ2) is 7.71. The molecule has 2 amide bonds. The van der Waals surface area contributed by atoms with Crippen LogP contribution in [0.3, 0.4) is 0 Å². The quantitative estimate of drug-likeness (QED) is 0.613. The molecule has 1 aromatic carbocycles. The second-order valence-corrected chi connectivity index (χ2v) is 5.93. The summed E-state index contributed by atoms with van der Waals surface area (Å²) >= 11 is 0. The van der Waals surface area contributed by atoms with Gasteiger partial charge in [0.15, 0.2) is 0 Å². The molecule has 0 saturated heterocycles. The largest absolute Gasteiger partial charge is 0.368 e. The minimum atomic E-state index is -0.800. The lowest BCUT2D eigenvalue weighted by Crippen LogP contribution is -2.48. The van der Waals surface area contributed by atoms with Crippen LogP contribution >= 0.6 is 0 Å². The third-order valence-electron chi connectivity index (χ3n) is 4.22. The van der Waals surface area contributed by atoms with E-state index in [1.165, 1.54) is 12.1 Å². The molecule has 23 heavy (non-hydrogen) atoms. The molecule has 3 N–H and O–H groups in total. The maximum atomic E-state index is 12.2. The average Bonchev–Trinajstić information content (AvgIpc) is 2.55. The van der Waals surface area contributed by atoms with Crippen LogP contribution in [0, 0.1) is 16.0 Å². The van der Waals surface area contributed by atoms with Gasteiger partial charge in [0.1, 0.15) is 6.04 Å². The highest BCUT2D eigenvalue weighted by Gasteiger charge is 2.25. The maximum Gasteiger partial charge on any atom is 0.269 e. The average molecular weight is 319 g/mol. The van der Waals surface area contributed by atoms with Gasteiger partial charge in [0.2, 0.25) is 11.8 Å². The lowest BCUT2D eigenvalue weighted by atomic mass is 9.88. The number of nitro groups is 1. The molecule has 1 aliphatic carbocycles. The van der Waals surface area contributed by atoms with Crippen molar-refractivity contribution in [2.24, 2.45) is 11.7 Å². The number of hydrogen-bond donors (Lipinski definition) is 2. The molecule has 7 heteroatoms. The zero-order valence-electron chi connectivity index (χ0n) is 12.9. The van der Waals surface area contributed by atoms with Crippen LogP contribution in [0.5, 0.6) is 0 Å². The fraction of sp³-hybridized carbons (Fsp3) is 0.500. The molecule has 1 atom stereocenters. The van der Waals surface area contributed by atoms with E-state index in [1.807, 2.05) is 0 Å². The van der Waals surface area contributed by atoms with Crippen molar-refractivity contribution < 1.29 is 14.5 Å². The highest BCUT2D eigenvalue weighted by molar-refractivity contribution is 5.87. The summed E-state index contributed by atoms with van der Waals surface area (Å²) in [7, 11) is 0. The summed E-state index contributed by atoms with van der Waals surface area (Å²) in [5, 5.41) is 13.4. The van der Waals surface area contributed by atoms with Gasteiger partial charge in [-0.15, -0.1) is 0 Å². The molecular formula is C16H21N3O4. The summed E-state index contributed by atoms with van der Waals surface area (Å²) in [5.41, 5.74) is 6.07. The van der Waals surface area contributed by atoms with E-state index in [1.54, 1.807) is 12.1 Å². The van der Waals surface area contributed by atoms with Crippen molar-refractivity contribution >= 4 is 17.5 Å². The number of nitrogens with one attached hydrogen (secondary N) is 1. The van der Waals surface area contributed by atoms with Gasteiger partial charge in [-0.1, -0.05) is 31.4 Å². The predicted molar refractivity (Wildman–Crippen MR) is 84.5 cm³/mol. The fourth-order valence-corrected chi connectivity index (χ4v) is 2.87. The number of primary amides is 1. The maximum absolute atomic E-state index is 12.2. The van der Waals surface area contributed by atoms with Crippen LogP contribution in [0.2, 0.25) is 0 Å². The van der Waals surface area contributed by atoms with Gasteiger partial charge in [-0.3, -0.25) is 19.7 Å². The van der Waals surface area contributed by atoms with Crippen LogP contribution in [0.15, 0.2) is 24.3 Å². The van der Waals surface area contributed by atoms with Crippen LogP contribution in [-0.2, 0) is 16.0 Å². The Balaban J connectivity index is 1.99. The van der Waals surface area contributed by atoms with E-state index in [2.05, 4.69) is 5.32 Å². The first-order chi connectivity index (χ1) is 11.0. The zero-order chi connectivity index (χ0) is 16.8. The Kier molecular flexibility index (Phi) is 5.67. The number of nitrogens with two attached hydrogens (primary N) is 1. The summed E-state index contributed by atoms with van der Waals surface area (Å²) in [4.78, 5) is 34.0. The van der Waals surface area contributed by atoms with E-state index >= 15 is 0 Å². The van der Waals surface area contributed by atoms with Crippen LogP contribution in [0.4, 0.5) is 5.69 Å². The number of hydrogen-bond acceptors (Lipinski definition) is 4. The molecule has 0 aromatic heterocycles. The van der Waals surface area contributed by atoms with E-state index < -0.39 is 16.9 Å². The number of carbonyl (C=O) groups is 2. The summed E-state index contributed by atoms with van der Waals surface area (Å²) in [6.07, 6.45) is 5.12. The molecule has 7 nitrogen and oxygen atoms in total. The number of rotatable bonds is 6. The first-order valence-electron chi connectivity index (χ1n) is 7.80. The van der Waals surface area contributed by atoms with Crippen molar-refractivity contribution in [2.45, 2.75) is 44.6 Å². The lowest BCUT2D eigenvalue weighted by molar-refractivity contribution is -0.384. The van der Waals surface area contributed by atoms with Gasteiger partial charge in [-0.25, -0.2) is 0 Å². The number of carbonyl (C=O) groups excluding carboxylic acids is 2. The molecule has 0 unspecified atom stereocenters. The fourth-order valence-electron chi connectivity index (χ4n) is 2.87. The molecule has 0 radical (unpaired) electrons. The first kappa shape index (κ1) is 16.9. The minimum absolute atomic E-state index is 0.0179. The van der Waals surface area contributed by atoms with Crippen molar-refractivity contribution in [1.82, 2.24) is 5.32 Å². The highest BCUT2D eigenvalue weighted by Crippen LogP contribution is 2.24. The van der Waals surface area contributed by atoms with Crippen LogP contribution < -0.4 is 11.1 Å². The third kappa shape index (κ3) is 4.77. The Morgan fingerprint density at radius 2 is 1.83 bits per heavy atom. The molecule has 2 rings (SSSR count). The topological polar surface area (TPSA) is 115 Å². The predicted octanol–water partition coefficient (Wildman–Crippen LogP) is 1.69. The Morgan fingerprint density at radius 1 is 1.22 bits per heavy atom. The lowest BCUT2D eigenvalue weighted by Gasteiger charge is -2.23. The number of benzene rings is 1. The number of non-ortho nitro benzene ring substituents is 1. The van der Waals surface area contributed by atoms with E-state index in [9.17, 15) is 19.7 Å².